The molecule has 0 aliphatic carbocycles. The summed E-state index contributed by atoms with van der Waals surface area (Å²) in [4.78, 5) is 22.9. The molecular weight excluding hydrogens is 769 g/mol. The average molecular weight is 851 g/mol. The normalized spacial score (nSPS) is 11.9. The molecule has 0 fully saturated rings. The number of rotatable bonds is 36. The highest BCUT2D eigenvalue weighted by molar-refractivity contribution is 8.02. The van der Waals surface area contributed by atoms with Crippen molar-refractivity contribution in [2.45, 2.75) is 229 Å². The van der Waals surface area contributed by atoms with Crippen molar-refractivity contribution in [3.8, 4) is 0 Å². The lowest BCUT2D eigenvalue weighted by Gasteiger charge is -2.13. The van der Waals surface area contributed by atoms with Gasteiger partial charge in [-0.1, -0.05) is 206 Å². The van der Waals surface area contributed by atoms with E-state index in [1.54, 1.807) is 0 Å². The highest BCUT2D eigenvalue weighted by atomic mass is 32.2. The Morgan fingerprint density at radius 2 is 0.667 bits per heavy atom. The smallest absolute Gasteiger partial charge is 0.116 e. The number of pyridine rings is 2. The Morgan fingerprint density at radius 3 is 1.05 bits per heavy atom. The lowest BCUT2D eigenvalue weighted by molar-refractivity contribution is 0.531. The summed E-state index contributed by atoms with van der Waals surface area (Å²) >= 11 is 4.07. The molecule has 0 aliphatic heterocycles. The van der Waals surface area contributed by atoms with Gasteiger partial charge in [0.1, 0.15) is 16.6 Å². The Balaban J connectivity index is 1.06. The predicted molar refractivity (Wildman–Crippen MR) is 268 cm³/mol. The van der Waals surface area contributed by atoms with Crippen LogP contribution < -0.4 is 0 Å². The monoisotopic (exact) mass is 851 g/mol. The summed E-state index contributed by atoms with van der Waals surface area (Å²) < 4.78 is 0. The average Bonchev–Trinajstić information content (AvgIpc) is 3.28. The zero-order chi connectivity index (χ0) is 41.7. The van der Waals surface area contributed by atoms with Crippen LogP contribution in [0.25, 0.3) is 43.9 Å². The van der Waals surface area contributed by atoms with Crippen molar-refractivity contribution >= 4 is 67.4 Å². The van der Waals surface area contributed by atoms with Gasteiger partial charge in [0.2, 0.25) is 0 Å². The van der Waals surface area contributed by atoms with E-state index >= 15 is 0 Å². The van der Waals surface area contributed by atoms with Crippen molar-refractivity contribution in [2.75, 3.05) is 11.5 Å². The molecule has 6 heteroatoms. The maximum absolute atomic E-state index is 5.30. The Hall–Kier alpha value is -2.44. The van der Waals surface area contributed by atoms with Crippen LogP contribution in [0.15, 0.2) is 58.6 Å². The Morgan fingerprint density at radius 1 is 0.350 bits per heavy atom. The van der Waals surface area contributed by atoms with Gasteiger partial charge in [0.25, 0.3) is 0 Å². The molecule has 3 heterocycles. The minimum absolute atomic E-state index is 0.876. The number of hydrogen-bond acceptors (Lipinski definition) is 6. The van der Waals surface area contributed by atoms with Crippen molar-refractivity contribution in [3.05, 3.63) is 48.8 Å². The molecule has 330 valence electrons. The van der Waals surface area contributed by atoms with Crippen LogP contribution in [0.1, 0.15) is 219 Å². The number of fused-ring (bicyclic) bond motifs is 7. The molecule has 0 bridgehead atoms. The van der Waals surface area contributed by atoms with E-state index in [9.17, 15) is 0 Å². The molecule has 0 N–H and O–H groups in total. The lowest BCUT2D eigenvalue weighted by atomic mass is 10.0. The molecular formula is C54H82N4S2. The molecule has 60 heavy (non-hydrogen) atoms. The minimum atomic E-state index is 0.876. The van der Waals surface area contributed by atoms with Gasteiger partial charge in [-0.2, -0.15) is 0 Å². The van der Waals surface area contributed by atoms with Crippen LogP contribution in [0, 0.1) is 0 Å². The largest absolute Gasteiger partial charge is 0.255 e. The van der Waals surface area contributed by atoms with Crippen LogP contribution in [0.2, 0.25) is 0 Å². The van der Waals surface area contributed by atoms with Gasteiger partial charge in [-0.25, -0.2) is 9.97 Å². The van der Waals surface area contributed by atoms with E-state index in [1.165, 1.54) is 227 Å². The summed E-state index contributed by atoms with van der Waals surface area (Å²) in [6.07, 6.45) is 48.9. The van der Waals surface area contributed by atoms with Gasteiger partial charge in [0, 0.05) is 33.0 Å². The quantitative estimate of drug-likeness (QED) is 0.0173. The molecule has 0 amide bonds. The molecule has 5 rings (SSSR count). The SMILES string of the molecule is CCCCCCCCCCCCCCCCCCSc1cc2nc3c4cccnc4c4cccnc4c3nc2cc1SCCCCCCCCCCCCCCCCCC. The van der Waals surface area contributed by atoms with E-state index in [4.69, 9.17) is 19.9 Å². The molecule has 3 aromatic heterocycles. The Bertz CT molecular complexity index is 1760. The van der Waals surface area contributed by atoms with Crippen molar-refractivity contribution in [1.29, 1.82) is 0 Å². The van der Waals surface area contributed by atoms with Crippen LogP contribution in [0.4, 0.5) is 0 Å². The maximum Gasteiger partial charge on any atom is 0.116 e. The standard InChI is InChI=1S/C54H82N4S2/c1-3-5-7-9-11-13-15-17-19-21-23-25-27-29-31-33-41-59-49-43-47-48(58-54-52-45(37-35-40-56-52)51-46(53(54)57-47)38-36-39-55-51)44-50(49)60-42-34-32-30-28-26-24-22-20-18-16-14-12-10-8-6-4-2/h35-40,43-44H,3-34,41-42H2,1-2H3. The topological polar surface area (TPSA) is 51.6 Å². The third kappa shape index (κ3) is 17.4. The first-order valence-electron chi connectivity index (χ1n) is 25.3. The maximum atomic E-state index is 5.30. The molecule has 0 unspecified atom stereocenters. The number of thioether (sulfide) groups is 2. The third-order valence-electron chi connectivity index (χ3n) is 12.6. The second kappa shape index (κ2) is 30.6. The summed E-state index contributed by atoms with van der Waals surface area (Å²) in [7, 11) is 0. The Kier molecular flexibility index (Phi) is 24.8. The second-order valence-electron chi connectivity index (χ2n) is 17.8. The van der Waals surface area contributed by atoms with E-state index in [0.29, 0.717) is 0 Å². The summed E-state index contributed by atoms with van der Waals surface area (Å²) in [5.41, 5.74) is 5.56. The number of benzene rings is 2. The number of aromatic nitrogens is 4. The fourth-order valence-corrected chi connectivity index (χ4v) is 11.2. The van der Waals surface area contributed by atoms with Gasteiger partial charge in [0.05, 0.1) is 16.6 Å². The zero-order valence-corrected chi connectivity index (χ0v) is 39.9. The first kappa shape index (κ1) is 48.6. The van der Waals surface area contributed by atoms with Crippen molar-refractivity contribution in [2.24, 2.45) is 0 Å². The first-order valence-corrected chi connectivity index (χ1v) is 27.3. The third-order valence-corrected chi connectivity index (χ3v) is 15.0. The van der Waals surface area contributed by atoms with Crippen molar-refractivity contribution in [3.63, 3.8) is 0 Å². The number of nitrogens with zero attached hydrogens (tertiary/aromatic N) is 4. The number of unbranched alkanes of at least 4 members (excludes halogenated alkanes) is 30. The lowest BCUT2D eigenvalue weighted by Crippen LogP contribution is -1.95. The highest BCUT2D eigenvalue weighted by Gasteiger charge is 2.16. The summed E-state index contributed by atoms with van der Waals surface area (Å²) in [6, 6.07) is 12.9. The van der Waals surface area contributed by atoms with Crippen LogP contribution in [-0.2, 0) is 0 Å². The molecule has 0 saturated carbocycles. The van der Waals surface area contributed by atoms with E-state index in [2.05, 4.69) is 38.1 Å². The molecule has 5 aromatic rings. The predicted octanol–water partition coefficient (Wildman–Crippen LogP) is 18.6. The molecule has 0 spiro atoms. The van der Waals surface area contributed by atoms with Crippen molar-refractivity contribution in [1.82, 2.24) is 19.9 Å². The highest BCUT2D eigenvalue weighted by Crippen LogP contribution is 2.37. The zero-order valence-electron chi connectivity index (χ0n) is 38.3. The van der Waals surface area contributed by atoms with Gasteiger partial charge in [-0.15, -0.1) is 23.5 Å². The van der Waals surface area contributed by atoms with Crippen LogP contribution in [-0.4, -0.2) is 31.4 Å². The van der Waals surface area contributed by atoms with E-state index in [-0.39, 0.29) is 0 Å². The molecule has 0 atom stereocenters. The fraction of sp³-hybridized carbons (Fsp3) is 0.667. The molecule has 2 aromatic carbocycles. The van der Waals surface area contributed by atoms with Crippen LogP contribution in [0.5, 0.6) is 0 Å². The molecule has 4 nitrogen and oxygen atoms in total. The fourth-order valence-electron chi connectivity index (χ4n) is 8.90. The molecule has 0 aliphatic rings. The van der Waals surface area contributed by atoms with Gasteiger partial charge in [0.15, 0.2) is 0 Å². The molecule has 0 radical (unpaired) electrons. The van der Waals surface area contributed by atoms with E-state index < -0.39 is 0 Å². The number of hydrogen-bond donors (Lipinski definition) is 0. The van der Waals surface area contributed by atoms with E-state index in [1.807, 2.05) is 48.1 Å². The summed E-state index contributed by atoms with van der Waals surface area (Å²) in [5.74, 6) is 2.33. The minimum Gasteiger partial charge on any atom is -0.255 e. The van der Waals surface area contributed by atoms with Gasteiger partial charge < -0.3 is 0 Å². The van der Waals surface area contributed by atoms with Gasteiger partial charge >= 0.3 is 0 Å². The van der Waals surface area contributed by atoms with Gasteiger partial charge in [-0.3, -0.25) is 9.97 Å². The molecule has 0 saturated heterocycles. The van der Waals surface area contributed by atoms with Crippen LogP contribution >= 0.6 is 23.5 Å². The van der Waals surface area contributed by atoms with Crippen molar-refractivity contribution < 1.29 is 0 Å². The summed E-state index contributed by atoms with van der Waals surface area (Å²) in [5, 5.41) is 2.09. The first-order chi connectivity index (χ1) is 29.8. The van der Waals surface area contributed by atoms with Crippen LogP contribution in [0.3, 0.4) is 0 Å². The Labute approximate surface area is 374 Å². The summed E-state index contributed by atoms with van der Waals surface area (Å²) in [6.45, 7) is 4.61. The second-order valence-corrected chi connectivity index (χ2v) is 20.1. The van der Waals surface area contributed by atoms with E-state index in [0.717, 1.165) is 43.9 Å². The van der Waals surface area contributed by atoms with Gasteiger partial charge in [-0.05, 0) is 60.7 Å².